The molecule has 0 spiro atoms. The Balaban J connectivity index is 2.74. The summed E-state index contributed by atoms with van der Waals surface area (Å²) in [6.07, 6.45) is 1.11. The van der Waals surface area contributed by atoms with Gasteiger partial charge in [-0.3, -0.25) is 9.69 Å². The predicted octanol–water partition coefficient (Wildman–Crippen LogP) is 0.818. The van der Waals surface area contributed by atoms with Gasteiger partial charge in [0.15, 0.2) is 0 Å². The molecule has 0 radical (unpaired) electrons. The van der Waals surface area contributed by atoms with Crippen molar-refractivity contribution in [2.24, 2.45) is 17.1 Å². The first-order valence-corrected chi connectivity index (χ1v) is 6.57. The van der Waals surface area contributed by atoms with Crippen molar-refractivity contribution < 1.29 is 4.79 Å². The van der Waals surface area contributed by atoms with Crippen LogP contribution in [0.25, 0.3) is 0 Å². The Morgan fingerprint density at radius 2 is 2.18 bits per heavy atom. The van der Waals surface area contributed by atoms with Gasteiger partial charge in [0.05, 0.1) is 0 Å². The lowest BCUT2D eigenvalue weighted by molar-refractivity contribution is -0.125. The van der Waals surface area contributed by atoms with Gasteiger partial charge in [-0.1, -0.05) is 27.7 Å². The van der Waals surface area contributed by atoms with Gasteiger partial charge in [0.1, 0.15) is 6.04 Å². The third-order valence-corrected chi connectivity index (χ3v) is 3.33. The molecule has 17 heavy (non-hydrogen) atoms. The topological polar surface area (TPSA) is 58.4 Å². The number of carbonyl (C=O) groups is 1. The average Bonchev–Trinajstić information content (AvgIpc) is 2.33. The standard InChI is InChI=1S/C13H27N3O/c1-10(2)5-6-16-9-13(3,4)8-15-12(17)11(16)7-14/h10-11H,5-9,14H2,1-4H3,(H,15,17). The largest absolute Gasteiger partial charge is 0.354 e. The molecule has 0 aromatic rings. The van der Waals surface area contributed by atoms with Crippen molar-refractivity contribution >= 4 is 5.91 Å². The van der Waals surface area contributed by atoms with Gasteiger partial charge in [-0.15, -0.1) is 0 Å². The van der Waals surface area contributed by atoms with Gasteiger partial charge < -0.3 is 11.1 Å². The van der Waals surface area contributed by atoms with Crippen LogP contribution in [0.4, 0.5) is 0 Å². The van der Waals surface area contributed by atoms with E-state index in [9.17, 15) is 4.79 Å². The zero-order valence-electron chi connectivity index (χ0n) is 11.6. The van der Waals surface area contributed by atoms with Crippen LogP contribution in [-0.2, 0) is 4.79 Å². The van der Waals surface area contributed by atoms with Gasteiger partial charge in [-0.2, -0.15) is 0 Å². The molecule has 0 bridgehead atoms. The third-order valence-electron chi connectivity index (χ3n) is 3.33. The molecule has 0 aromatic carbocycles. The Kier molecular flexibility index (Phi) is 4.95. The van der Waals surface area contributed by atoms with E-state index < -0.39 is 0 Å². The quantitative estimate of drug-likeness (QED) is 0.766. The van der Waals surface area contributed by atoms with Crippen LogP contribution < -0.4 is 11.1 Å². The molecule has 100 valence electrons. The van der Waals surface area contributed by atoms with Gasteiger partial charge >= 0.3 is 0 Å². The van der Waals surface area contributed by atoms with E-state index in [1.165, 1.54) is 0 Å². The molecule has 0 aromatic heterocycles. The Bertz CT molecular complexity index is 263. The molecule has 4 heteroatoms. The first-order chi connectivity index (χ1) is 7.85. The molecule has 1 aliphatic heterocycles. The fourth-order valence-electron chi connectivity index (χ4n) is 2.24. The van der Waals surface area contributed by atoms with Gasteiger partial charge in [-0.25, -0.2) is 0 Å². The van der Waals surface area contributed by atoms with E-state index in [1.54, 1.807) is 0 Å². The van der Waals surface area contributed by atoms with E-state index in [0.717, 1.165) is 26.1 Å². The molecule has 1 amide bonds. The molecule has 1 saturated heterocycles. The van der Waals surface area contributed by atoms with Crippen LogP contribution in [0.2, 0.25) is 0 Å². The second kappa shape index (κ2) is 5.83. The number of nitrogens with zero attached hydrogens (tertiary/aromatic N) is 1. The Morgan fingerprint density at radius 1 is 1.53 bits per heavy atom. The van der Waals surface area contributed by atoms with Crippen molar-refractivity contribution in [3.63, 3.8) is 0 Å². The summed E-state index contributed by atoms with van der Waals surface area (Å²) in [7, 11) is 0. The maximum atomic E-state index is 12.0. The fourth-order valence-corrected chi connectivity index (χ4v) is 2.24. The number of carbonyl (C=O) groups excluding carboxylic acids is 1. The Labute approximate surface area is 105 Å². The molecule has 4 nitrogen and oxygen atoms in total. The van der Waals surface area contributed by atoms with Gasteiger partial charge in [-0.05, 0) is 24.3 Å². The minimum absolute atomic E-state index is 0.0850. The lowest BCUT2D eigenvalue weighted by Crippen LogP contribution is -2.49. The highest BCUT2D eigenvalue weighted by Gasteiger charge is 2.34. The molecule has 1 atom stereocenters. The second-order valence-corrected chi connectivity index (χ2v) is 6.29. The first kappa shape index (κ1) is 14.5. The second-order valence-electron chi connectivity index (χ2n) is 6.29. The summed E-state index contributed by atoms with van der Waals surface area (Å²) in [5.41, 5.74) is 5.87. The highest BCUT2D eigenvalue weighted by atomic mass is 16.2. The average molecular weight is 241 g/mol. The summed E-state index contributed by atoms with van der Waals surface area (Å²) in [6, 6.07) is -0.157. The Morgan fingerprint density at radius 3 is 2.71 bits per heavy atom. The zero-order valence-corrected chi connectivity index (χ0v) is 11.6. The molecular weight excluding hydrogens is 214 g/mol. The molecule has 1 heterocycles. The zero-order chi connectivity index (χ0) is 13.1. The van der Waals surface area contributed by atoms with Crippen molar-refractivity contribution in [1.82, 2.24) is 10.2 Å². The van der Waals surface area contributed by atoms with E-state index in [-0.39, 0.29) is 17.4 Å². The minimum atomic E-state index is -0.157. The normalized spacial score (nSPS) is 25.8. The van der Waals surface area contributed by atoms with E-state index >= 15 is 0 Å². The molecular formula is C13H27N3O. The molecule has 0 saturated carbocycles. The van der Waals surface area contributed by atoms with Gasteiger partial charge in [0.25, 0.3) is 0 Å². The van der Waals surface area contributed by atoms with Crippen LogP contribution in [0.5, 0.6) is 0 Å². The lowest BCUT2D eigenvalue weighted by Gasteiger charge is -2.32. The highest BCUT2D eigenvalue weighted by Crippen LogP contribution is 2.21. The smallest absolute Gasteiger partial charge is 0.238 e. The summed E-state index contributed by atoms with van der Waals surface area (Å²) in [4.78, 5) is 14.2. The summed E-state index contributed by atoms with van der Waals surface area (Å²) in [5.74, 6) is 0.740. The maximum Gasteiger partial charge on any atom is 0.238 e. The molecule has 1 aliphatic rings. The number of hydrogen-bond acceptors (Lipinski definition) is 3. The van der Waals surface area contributed by atoms with Crippen molar-refractivity contribution in [2.45, 2.75) is 40.2 Å². The molecule has 1 fully saturated rings. The molecule has 3 N–H and O–H groups in total. The van der Waals surface area contributed by atoms with Crippen molar-refractivity contribution in [2.75, 3.05) is 26.2 Å². The third kappa shape index (κ3) is 4.28. The fraction of sp³-hybridized carbons (Fsp3) is 0.923. The van der Waals surface area contributed by atoms with Crippen LogP contribution in [0, 0.1) is 11.3 Å². The van der Waals surface area contributed by atoms with Crippen LogP contribution in [0.3, 0.4) is 0 Å². The van der Waals surface area contributed by atoms with E-state index in [0.29, 0.717) is 12.5 Å². The summed E-state index contributed by atoms with van der Waals surface area (Å²) < 4.78 is 0. The van der Waals surface area contributed by atoms with Crippen LogP contribution in [0.1, 0.15) is 34.1 Å². The maximum absolute atomic E-state index is 12.0. The number of rotatable bonds is 4. The van der Waals surface area contributed by atoms with E-state index in [1.807, 2.05) is 0 Å². The number of hydrogen-bond donors (Lipinski definition) is 2. The number of nitrogens with one attached hydrogen (secondary N) is 1. The Hall–Kier alpha value is -0.610. The van der Waals surface area contributed by atoms with E-state index in [2.05, 4.69) is 37.9 Å². The monoisotopic (exact) mass is 241 g/mol. The van der Waals surface area contributed by atoms with E-state index in [4.69, 9.17) is 5.73 Å². The number of amides is 1. The molecule has 0 aliphatic carbocycles. The van der Waals surface area contributed by atoms with Crippen molar-refractivity contribution in [3.05, 3.63) is 0 Å². The number of nitrogens with two attached hydrogens (primary N) is 1. The lowest BCUT2D eigenvalue weighted by atomic mass is 9.93. The van der Waals surface area contributed by atoms with Crippen molar-refractivity contribution in [1.29, 1.82) is 0 Å². The van der Waals surface area contributed by atoms with Crippen molar-refractivity contribution in [3.8, 4) is 0 Å². The summed E-state index contributed by atoms with van der Waals surface area (Å²) in [5, 5.41) is 2.99. The van der Waals surface area contributed by atoms with Gasteiger partial charge in [0.2, 0.25) is 5.91 Å². The predicted molar refractivity (Wildman–Crippen MR) is 70.7 cm³/mol. The van der Waals surface area contributed by atoms with Crippen LogP contribution in [0.15, 0.2) is 0 Å². The first-order valence-electron chi connectivity index (χ1n) is 6.57. The van der Waals surface area contributed by atoms with Gasteiger partial charge in [0, 0.05) is 19.6 Å². The summed E-state index contributed by atoms with van der Waals surface area (Å²) >= 11 is 0. The minimum Gasteiger partial charge on any atom is -0.354 e. The highest BCUT2D eigenvalue weighted by molar-refractivity contribution is 5.82. The molecule has 1 rings (SSSR count). The summed E-state index contributed by atoms with van der Waals surface area (Å²) in [6.45, 7) is 11.8. The van der Waals surface area contributed by atoms with Crippen LogP contribution in [-0.4, -0.2) is 43.0 Å². The van der Waals surface area contributed by atoms with Crippen LogP contribution >= 0.6 is 0 Å². The molecule has 1 unspecified atom stereocenters. The SMILES string of the molecule is CC(C)CCN1CC(C)(C)CNC(=O)C1CN.